The highest BCUT2D eigenvalue weighted by atomic mass is 79.9. The molecule has 0 atom stereocenters. The summed E-state index contributed by atoms with van der Waals surface area (Å²) in [4.78, 5) is 12.4. The van der Waals surface area contributed by atoms with Crippen LogP contribution < -0.4 is 4.74 Å². The maximum absolute atomic E-state index is 13.7. The summed E-state index contributed by atoms with van der Waals surface area (Å²) >= 11 is 4.16. The van der Waals surface area contributed by atoms with E-state index < -0.39 is 11.6 Å². The summed E-state index contributed by atoms with van der Waals surface area (Å²) in [7, 11) is 1.49. The average molecular weight is 347 g/mol. The second-order valence-electron chi connectivity index (χ2n) is 3.77. The van der Waals surface area contributed by atoms with E-state index in [1.165, 1.54) is 24.5 Å². The molecule has 0 amide bonds. The molecule has 0 bridgehead atoms. The number of thiophene rings is 1. The first-order valence-corrected chi connectivity index (χ1v) is 6.98. The van der Waals surface area contributed by atoms with Crippen molar-refractivity contribution in [1.82, 2.24) is 0 Å². The van der Waals surface area contributed by atoms with Crippen molar-refractivity contribution in [2.45, 2.75) is 6.42 Å². The van der Waals surface area contributed by atoms with Crippen molar-refractivity contribution in [3.05, 3.63) is 50.1 Å². The van der Waals surface area contributed by atoms with E-state index in [4.69, 9.17) is 4.74 Å². The van der Waals surface area contributed by atoms with Gasteiger partial charge in [0.05, 0.1) is 16.5 Å². The van der Waals surface area contributed by atoms with Gasteiger partial charge in [0.15, 0.2) is 5.78 Å². The van der Waals surface area contributed by atoms with Gasteiger partial charge in [0.25, 0.3) is 0 Å². The molecule has 0 aliphatic rings. The van der Waals surface area contributed by atoms with Gasteiger partial charge in [-0.05, 0) is 28.1 Å². The Hall–Kier alpha value is -1.27. The van der Waals surface area contributed by atoms with E-state index in [1.807, 2.05) is 0 Å². The Bertz CT molecular complexity index is 625. The highest BCUT2D eigenvalue weighted by Gasteiger charge is 2.18. The molecule has 0 N–H and O–H groups in total. The maximum Gasteiger partial charge on any atom is 0.177 e. The van der Waals surface area contributed by atoms with E-state index in [9.17, 15) is 13.6 Å². The summed E-state index contributed by atoms with van der Waals surface area (Å²) in [6.07, 6.45) is -0.319. The summed E-state index contributed by atoms with van der Waals surface area (Å²) in [5.74, 6) is -1.25. The van der Waals surface area contributed by atoms with Crippen LogP contribution in [0.5, 0.6) is 5.75 Å². The Morgan fingerprint density at radius 3 is 2.79 bits per heavy atom. The van der Waals surface area contributed by atoms with Gasteiger partial charge in [-0.3, -0.25) is 4.79 Å². The maximum atomic E-state index is 13.7. The van der Waals surface area contributed by atoms with Gasteiger partial charge in [-0.2, -0.15) is 0 Å². The molecule has 19 heavy (non-hydrogen) atoms. The van der Waals surface area contributed by atoms with E-state index in [0.29, 0.717) is 10.6 Å². The third-order valence-corrected chi connectivity index (χ3v) is 4.12. The van der Waals surface area contributed by atoms with Crippen molar-refractivity contribution in [1.29, 1.82) is 0 Å². The van der Waals surface area contributed by atoms with Crippen LogP contribution in [0.2, 0.25) is 0 Å². The molecule has 0 fully saturated rings. The highest BCUT2D eigenvalue weighted by Crippen LogP contribution is 2.26. The lowest BCUT2D eigenvalue weighted by atomic mass is 10.1. The molecule has 2 rings (SSSR count). The minimum Gasteiger partial charge on any atom is -0.496 e. The minimum atomic E-state index is -0.739. The third kappa shape index (κ3) is 3.01. The number of Topliss-reactive ketones (excluding diaryl/α,β-unsaturated/α-hetero) is 1. The summed E-state index contributed by atoms with van der Waals surface area (Å²) in [6.45, 7) is 0. The lowest BCUT2D eigenvalue weighted by Gasteiger charge is -2.05. The van der Waals surface area contributed by atoms with E-state index >= 15 is 0 Å². The standard InChI is InChI=1S/C13H9BrF2O2S/c1-18-7-4-12(19-6-7)11(17)5-8-10(15)3-2-9(14)13(8)16/h2-4,6H,5H2,1H3. The predicted molar refractivity (Wildman–Crippen MR) is 73.0 cm³/mol. The first-order chi connectivity index (χ1) is 9.02. The normalized spacial score (nSPS) is 10.5. The van der Waals surface area contributed by atoms with Gasteiger partial charge in [-0.1, -0.05) is 0 Å². The summed E-state index contributed by atoms with van der Waals surface area (Å²) in [6, 6.07) is 3.96. The van der Waals surface area contributed by atoms with E-state index in [-0.39, 0.29) is 22.2 Å². The molecule has 6 heteroatoms. The van der Waals surface area contributed by atoms with Gasteiger partial charge in [0.2, 0.25) is 0 Å². The second-order valence-corrected chi connectivity index (χ2v) is 5.54. The van der Waals surface area contributed by atoms with Crippen molar-refractivity contribution in [3.8, 4) is 5.75 Å². The summed E-state index contributed by atoms with van der Waals surface area (Å²) < 4.78 is 32.4. The van der Waals surface area contributed by atoms with Crippen LogP contribution in [0.15, 0.2) is 28.1 Å². The third-order valence-electron chi connectivity index (χ3n) is 2.56. The molecule has 2 aromatic rings. The molecule has 0 spiro atoms. The van der Waals surface area contributed by atoms with Gasteiger partial charge in [-0.15, -0.1) is 11.3 Å². The Balaban J connectivity index is 2.26. The van der Waals surface area contributed by atoms with Crippen LogP contribution in [-0.4, -0.2) is 12.9 Å². The smallest absolute Gasteiger partial charge is 0.177 e. The fraction of sp³-hybridized carbons (Fsp3) is 0.154. The molecular formula is C13H9BrF2O2S. The Kier molecular flexibility index (Phi) is 4.31. The fourth-order valence-electron chi connectivity index (χ4n) is 1.55. The van der Waals surface area contributed by atoms with Crippen molar-refractivity contribution in [3.63, 3.8) is 0 Å². The Morgan fingerprint density at radius 1 is 1.42 bits per heavy atom. The van der Waals surface area contributed by atoms with E-state index in [2.05, 4.69) is 15.9 Å². The summed E-state index contributed by atoms with van der Waals surface area (Å²) in [5.41, 5.74) is -0.230. The van der Waals surface area contributed by atoms with Crippen LogP contribution in [0.3, 0.4) is 0 Å². The van der Waals surface area contributed by atoms with E-state index in [1.54, 1.807) is 11.4 Å². The number of hydrogen-bond donors (Lipinski definition) is 0. The molecule has 0 aliphatic carbocycles. The number of hydrogen-bond acceptors (Lipinski definition) is 3. The molecule has 1 aromatic carbocycles. The quantitative estimate of drug-likeness (QED) is 0.611. The van der Waals surface area contributed by atoms with Crippen molar-refractivity contribution < 1.29 is 18.3 Å². The number of carbonyl (C=O) groups is 1. The van der Waals surface area contributed by atoms with Gasteiger partial charge < -0.3 is 4.74 Å². The average Bonchev–Trinajstić information content (AvgIpc) is 2.88. The monoisotopic (exact) mass is 346 g/mol. The van der Waals surface area contributed by atoms with Crippen LogP contribution in [0.4, 0.5) is 8.78 Å². The molecule has 1 heterocycles. The molecule has 0 radical (unpaired) electrons. The fourth-order valence-corrected chi connectivity index (χ4v) is 2.72. The second kappa shape index (κ2) is 5.79. The summed E-state index contributed by atoms with van der Waals surface area (Å²) in [5, 5.41) is 1.67. The van der Waals surface area contributed by atoms with Crippen molar-refractivity contribution >= 4 is 33.0 Å². The van der Waals surface area contributed by atoms with Crippen LogP contribution in [0.25, 0.3) is 0 Å². The van der Waals surface area contributed by atoms with Gasteiger partial charge in [-0.25, -0.2) is 8.78 Å². The first-order valence-electron chi connectivity index (χ1n) is 5.31. The number of methoxy groups -OCH3 is 1. The number of ether oxygens (including phenoxy) is 1. The largest absolute Gasteiger partial charge is 0.496 e. The predicted octanol–water partition coefficient (Wildman–Crippen LogP) is 4.22. The molecule has 0 unspecified atom stereocenters. The van der Waals surface area contributed by atoms with Crippen molar-refractivity contribution in [2.75, 3.05) is 7.11 Å². The van der Waals surface area contributed by atoms with Crippen LogP contribution in [0.1, 0.15) is 15.2 Å². The minimum absolute atomic E-state index is 0.139. The SMILES string of the molecule is COc1csc(C(=O)Cc2c(F)ccc(Br)c2F)c1. The number of carbonyl (C=O) groups excluding carboxylic acids is 1. The zero-order valence-electron chi connectivity index (χ0n) is 9.88. The topological polar surface area (TPSA) is 26.3 Å². The molecular weight excluding hydrogens is 338 g/mol. The molecule has 0 saturated heterocycles. The molecule has 2 nitrogen and oxygen atoms in total. The molecule has 0 saturated carbocycles. The van der Waals surface area contributed by atoms with Gasteiger partial charge in [0.1, 0.15) is 17.4 Å². The van der Waals surface area contributed by atoms with E-state index in [0.717, 1.165) is 6.07 Å². The van der Waals surface area contributed by atoms with Gasteiger partial charge in [0, 0.05) is 23.4 Å². The number of halogens is 3. The van der Waals surface area contributed by atoms with Gasteiger partial charge >= 0.3 is 0 Å². The lowest BCUT2D eigenvalue weighted by Crippen LogP contribution is -2.06. The molecule has 100 valence electrons. The number of benzene rings is 1. The highest BCUT2D eigenvalue weighted by molar-refractivity contribution is 9.10. The lowest BCUT2D eigenvalue weighted by molar-refractivity contribution is 0.0994. The molecule has 1 aromatic heterocycles. The Labute approximate surface area is 121 Å². The Morgan fingerprint density at radius 2 is 2.16 bits per heavy atom. The number of ketones is 1. The number of rotatable bonds is 4. The van der Waals surface area contributed by atoms with Crippen LogP contribution >= 0.6 is 27.3 Å². The van der Waals surface area contributed by atoms with Crippen LogP contribution in [-0.2, 0) is 6.42 Å². The first kappa shape index (κ1) is 14.1. The zero-order valence-corrected chi connectivity index (χ0v) is 12.3. The molecule has 0 aliphatic heterocycles. The zero-order chi connectivity index (χ0) is 14.0. The van der Waals surface area contributed by atoms with Crippen molar-refractivity contribution in [2.24, 2.45) is 0 Å². The van der Waals surface area contributed by atoms with Crippen LogP contribution in [0, 0.1) is 11.6 Å².